The molecule has 0 amide bonds. The smallest absolute Gasteiger partial charge is 0.228 e. The Morgan fingerprint density at radius 1 is 1.21 bits per heavy atom. The van der Waals surface area contributed by atoms with Crippen molar-refractivity contribution in [1.29, 1.82) is 0 Å². The minimum atomic E-state index is -0.986. The number of aromatic nitrogens is 2. The molecule has 2 aliphatic heterocycles. The molecule has 0 aliphatic carbocycles. The standard InChI is InChI=1S/C22H25N5OS/c1-15-6-7-19-18(10-15)21(24-13-16-11-23-12-16)26-22(25-19)27-8-9-29(28)20-5-3-2-4-17(20)14-27/h2-7,10,16,23H,8-9,11-14H2,1H3,(H,24,25,26). The van der Waals surface area contributed by atoms with Crippen LogP contribution >= 0.6 is 0 Å². The van der Waals surface area contributed by atoms with Gasteiger partial charge in [-0.05, 0) is 36.3 Å². The number of rotatable bonds is 4. The average molecular weight is 408 g/mol. The average Bonchev–Trinajstić information content (AvgIpc) is 2.86. The van der Waals surface area contributed by atoms with Gasteiger partial charge in [-0.3, -0.25) is 0 Å². The number of hydrogen-bond acceptors (Lipinski definition) is 6. The monoisotopic (exact) mass is 407 g/mol. The van der Waals surface area contributed by atoms with Crippen molar-refractivity contribution in [1.82, 2.24) is 15.3 Å². The third-order valence-electron chi connectivity index (χ3n) is 5.67. The minimum absolute atomic E-state index is 0.586. The van der Waals surface area contributed by atoms with Crippen LogP contribution < -0.4 is 15.5 Å². The maximum Gasteiger partial charge on any atom is 0.228 e. The topological polar surface area (TPSA) is 76.1 Å². The van der Waals surface area contributed by atoms with Crippen LogP contribution in [0.2, 0.25) is 0 Å². The van der Waals surface area contributed by atoms with Gasteiger partial charge >= 0.3 is 0 Å². The van der Waals surface area contributed by atoms with Crippen molar-refractivity contribution in [2.45, 2.75) is 18.4 Å². The third kappa shape index (κ3) is 3.77. The van der Waals surface area contributed by atoms with Gasteiger partial charge in [0, 0.05) is 36.5 Å². The van der Waals surface area contributed by atoms with Gasteiger partial charge in [-0.15, -0.1) is 0 Å². The van der Waals surface area contributed by atoms with Crippen LogP contribution in [0.5, 0.6) is 0 Å². The summed E-state index contributed by atoms with van der Waals surface area (Å²) in [6.07, 6.45) is 0. The summed E-state index contributed by atoms with van der Waals surface area (Å²) in [6.45, 7) is 6.44. The van der Waals surface area contributed by atoms with E-state index in [2.05, 4.69) is 46.7 Å². The Labute approximate surface area is 173 Å². The van der Waals surface area contributed by atoms with Crippen LogP contribution in [0.1, 0.15) is 11.1 Å². The molecule has 1 unspecified atom stereocenters. The van der Waals surface area contributed by atoms with Crippen LogP contribution in [0.25, 0.3) is 10.9 Å². The lowest BCUT2D eigenvalue weighted by atomic mass is 10.0. The van der Waals surface area contributed by atoms with E-state index in [0.717, 1.165) is 46.8 Å². The zero-order valence-corrected chi connectivity index (χ0v) is 17.3. The van der Waals surface area contributed by atoms with E-state index in [1.54, 1.807) is 0 Å². The lowest BCUT2D eigenvalue weighted by Crippen LogP contribution is -2.45. The molecule has 0 saturated carbocycles. The van der Waals surface area contributed by atoms with Crippen LogP contribution in [0.3, 0.4) is 0 Å². The van der Waals surface area contributed by atoms with Gasteiger partial charge in [-0.25, -0.2) is 4.98 Å². The van der Waals surface area contributed by atoms with Gasteiger partial charge in [-0.2, -0.15) is 4.98 Å². The molecule has 1 saturated heterocycles. The quantitative estimate of drug-likeness (QED) is 0.648. The second-order valence-electron chi connectivity index (χ2n) is 7.88. The molecule has 6 nitrogen and oxygen atoms in total. The highest BCUT2D eigenvalue weighted by atomic mass is 32.2. The summed E-state index contributed by atoms with van der Waals surface area (Å²) in [6, 6.07) is 14.3. The minimum Gasteiger partial charge on any atom is -0.611 e. The van der Waals surface area contributed by atoms with Crippen LogP contribution in [-0.4, -0.2) is 46.5 Å². The summed E-state index contributed by atoms with van der Waals surface area (Å²) in [7, 11) is 0. The zero-order valence-electron chi connectivity index (χ0n) is 16.5. The van der Waals surface area contributed by atoms with Crippen LogP contribution in [0, 0.1) is 12.8 Å². The molecule has 2 aromatic carbocycles. The number of fused-ring (bicyclic) bond motifs is 2. The predicted molar refractivity (Wildman–Crippen MR) is 118 cm³/mol. The van der Waals surface area contributed by atoms with Crippen LogP contribution in [0.4, 0.5) is 11.8 Å². The van der Waals surface area contributed by atoms with E-state index in [1.165, 1.54) is 5.56 Å². The largest absolute Gasteiger partial charge is 0.611 e. The van der Waals surface area contributed by atoms with Crippen LogP contribution in [-0.2, 0) is 17.7 Å². The summed E-state index contributed by atoms with van der Waals surface area (Å²) in [5.41, 5.74) is 3.22. The number of anilines is 2. The Balaban J connectivity index is 1.51. The summed E-state index contributed by atoms with van der Waals surface area (Å²) in [5, 5.41) is 7.94. The molecule has 3 aromatic rings. The highest BCUT2D eigenvalue weighted by Gasteiger charge is 2.26. The highest BCUT2D eigenvalue weighted by molar-refractivity contribution is 7.91. The van der Waals surface area contributed by atoms with Gasteiger partial charge in [0.05, 0.1) is 18.6 Å². The molecule has 29 heavy (non-hydrogen) atoms. The maximum atomic E-state index is 12.6. The Morgan fingerprint density at radius 2 is 2.07 bits per heavy atom. The second kappa shape index (κ2) is 7.82. The molecule has 0 radical (unpaired) electrons. The maximum absolute atomic E-state index is 12.6. The third-order valence-corrected chi connectivity index (χ3v) is 7.11. The molecule has 1 aromatic heterocycles. The zero-order chi connectivity index (χ0) is 19.8. The number of benzene rings is 2. The molecule has 5 rings (SSSR count). The molecule has 0 bridgehead atoms. The Morgan fingerprint density at radius 3 is 2.90 bits per heavy atom. The van der Waals surface area contributed by atoms with Gasteiger partial charge in [0.1, 0.15) is 11.6 Å². The first-order chi connectivity index (χ1) is 14.2. The summed E-state index contributed by atoms with van der Waals surface area (Å²) < 4.78 is 12.6. The van der Waals surface area contributed by atoms with Crippen molar-refractivity contribution in [3.05, 3.63) is 53.6 Å². The van der Waals surface area contributed by atoms with E-state index in [4.69, 9.17) is 9.97 Å². The Bertz CT molecular complexity index is 1040. The fourth-order valence-electron chi connectivity index (χ4n) is 3.86. The summed E-state index contributed by atoms with van der Waals surface area (Å²) >= 11 is -0.986. The van der Waals surface area contributed by atoms with Crippen molar-refractivity contribution in [2.24, 2.45) is 5.92 Å². The lowest BCUT2D eigenvalue weighted by Gasteiger charge is -2.28. The van der Waals surface area contributed by atoms with E-state index in [-0.39, 0.29) is 0 Å². The van der Waals surface area contributed by atoms with Gasteiger partial charge in [0.2, 0.25) is 5.95 Å². The van der Waals surface area contributed by atoms with Crippen molar-refractivity contribution in [3.8, 4) is 0 Å². The van der Waals surface area contributed by atoms with Crippen LogP contribution in [0.15, 0.2) is 47.4 Å². The second-order valence-corrected chi connectivity index (χ2v) is 9.42. The van der Waals surface area contributed by atoms with Gasteiger partial charge < -0.3 is 20.1 Å². The first kappa shape index (κ1) is 18.7. The fraction of sp³-hybridized carbons (Fsp3) is 0.364. The highest BCUT2D eigenvalue weighted by Crippen LogP contribution is 2.29. The first-order valence-electron chi connectivity index (χ1n) is 10.1. The molecule has 1 fully saturated rings. The fourth-order valence-corrected chi connectivity index (χ4v) is 5.12. The first-order valence-corrected chi connectivity index (χ1v) is 11.4. The van der Waals surface area contributed by atoms with E-state index in [1.807, 2.05) is 18.2 Å². The lowest BCUT2D eigenvalue weighted by molar-refractivity contribution is 0.365. The van der Waals surface area contributed by atoms with E-state index in [9.17, 15) is 4.55 Å². The molecule has 1 atom stereocenters. The number of nitrogens with zero attached hydrogens (tertiary/aromatic N) is 3. The van der Waals surface area contributed by atoms with Gasteiger partial charge in [0.15, 0.2) is 4.90 Å². The molecule has 0 spiro atoms. The summed E-state index contributed by atoms with van der Waals surface area (Å²) in [5.74, 6) is 2.81. The molecular weight excluding hydrogens is 382 g/mol. The molecule has 2 N–H and O–H groups in total. The molecular formula is C22H25N5OS. The van der Waals surface area contributed by atoms with Crippen molar-refractivity contribution >= 4 is 33.8 Å². The van der Waals surface area contributed by atoms with E-state index < -0.39 is 11.2 Å². The number of nitrogens with one attached hydrogen (secondary N) is 2. The molecule has 3 heterocycles. The van der Waals surface area contributed by atoms with Gasteiger partial charge in [-0.1, -0.05) is 29.8 Å². The predicted octanol–water partition coefficient (Wildman–Crippen LogP) is 2.70. The molecule has 2 aliphatic rings. The normalized spacial score (nSPS) is 19.5. The molecule has 7 heteroatoms. The van der Waals surface area contributed by atoms with Gasteiger partial charge in [0.25, 0.3) is 0 Å². The Hall–Kier alpha value is -2.35. The van der Waals surface area contributed by atoms with E-state index >= 15 is 0 Å². The van der Waals surface area contributed by atoms with Crippen molar-refractivity contribution < 1.29 is 4.55 Å². The number of aryl methyl sites for hydroxylation is 1. The van der Waals surface area contributed by atoms with Crippen molar-refractivity contribution in [2.75, 3.05) is 42.1 Å². The van der Waals surface area contributed by atoms with Crippen molar-refractivity contribution in [3.63, 3.8) is 0 Å². The molecule has 150 valence electrons. The summed E-state index contributed by atoms with van der Waals surface area (Å²) in [4.78, 5) is 12.9. The SMILES string of the molecule is Cc1ccc2nc(N3CC[S+]([O-])c4ccccc4C3)nc(NCC3CNC3)c2c1. The number of hydrogen-bond donors (Lipinski definition) is 2. The van der Waals surface area contributed by atoms with E-state index in [0.29, 0.717) is 30.7 Å². The Kier molecular flexibility index (Phi) is 5.03.